The number of carbonyl (C=O) groups is 1. The molecule has 2 aromatic rings. The number of hydrogen-bond acceptors (Lipinski definition) is 2. The molecular weight excluding hydrogens is 238 g/mol. The Morgan fingerprint density at radius 3 is 2.74 bits per heavy atom. The van der Waals surface area contributed by atoms with Crippen LogP contribution in [0, 0.1) is 6.92 Å². The second kappa shape index (κ2) is 5.69. The summed E-state index contributed by atoms with van der Waals surface area (Å²) in [5, 5.41) is 3.04. The molecule has 0 aliphatic heterocycles. The Morgan fingerprint density at radius 1 is 1.42 bits per heavy atom. The molecule has 0 saturated heterocycles. The Hall–Kier alpha value is -2.10. The summed E-state index contributed by atoms with van der Waals surface area (Å²) in [4.78, 5) is 16.1. The van der Waals surface area contributed by atoms with Gasteiger partial charge in [-0.15, -0.1) is 0 Å². The molecule has 4 heteroatoms. The van der Waals surface area contributed by atoms with E-state index < -0.39 is 0 Å². The minimum atomic E-state index is -0.200. The summed E-state index contributed by atoms with van der Waals surface area (Å²) in [6.45, 7) is 3.89. The van der Waals surface area contributed by atoms with Crippen molar-refractivity contribution in [1.29, 1.82) is 0 Å². The predicted molar refractivity (Wildman–Crippen MR) is 74.7 cm³/mol. The summed E-state index contributed by atoms with van der Waals surface area (Å²) in [6, 6.07) is 7.86. The molecule has 19 heavy (non-hydrogen) atoms. The fourth-order valence-corrected chi connectivity index (χ4v) is 2.11. The highest BCUT2D eigenvalue weighted by atomic mass is 16.1. The van der Waals surface area contributed by atoms with E-state index in [2.05, 4.69) is 10.3 Å². The molecule has 4 nitrogen and oxygen atoms in total. The molecule has 0 spiro atoms. The zero-order valence-corrected chi connectivity index (χ0v) is 11.6. The van der Waals surface area contributed by atoms with Crippen LogP contribution in [0.25, 0.3) is 0 Å². The Bertz CT molecular complexity index is 574. The highest BCUT2D eigenvalue weighted by Crippen LogP contribution is 2.23. The van der Waals surface area contributed by atoms with Gasteiger partial charge in [-0.05, 0) is 18.1 Å². The number of imidazole rings is 1. The van der Waals surface area contributed by atoms with Crippen LogP contribution in [0.1, 0.15) is 36.3 Å². The fourth-order valence-electron chi connectivity index (χ4n) is 2.11. The van der Waals surface area contributed by atoms with E-state index in [1.54, 1.807) is 6.20 Å². The maximum Gasteiger partial charge on any atom is 0.220 e. The summed E-state index contributed by atoms with van der Waals surface area (Å²) in [5.74, 6) is 0.868. The van der Waals surface area contributed by atoms with Gasteiger partial charge in [0.1, 0.15) is 11.9 Å². The lowest BCUT2D eigenvalue weighted by Gasteiger charge is -2.20. The molecule has 2 rings (SSSR count). The van der Waals surface area contributed by atoms with E-state index in [0.717, 1.165) is 17.0 Å². The van der Waals surface area contributed by atoms with Gasteiger partial charge in [0.05, 0.1) is 0 Å². The average molecular weight is 257 g/mol. The van der Waals surface area contributed by atoms with Crippen LogP contribution < -0.4 is 5.32 Å². The van der Waals surface area contributed by atoms with E-state index in [9.17, 15) is 4.79 Å². The summed E-state index contributed by atoms with van der Waals surface area (Å²) in [7, 11) is 1.94. The molecule has 1 unspecified atom stereocenters. The van der Waals surface area contributed by atoms with Gasteiger partial charge in [0.15, 0.2) is 0 Å². The van der Waals surface area contributed by atoms with Crippen LogP contribution in [0.4, 0.5) is 0 Å². The smallest absolute Gasteiger partial charge is 0.220 e. The zero-order valence-electron chi connectivity index (χ0n) is 11.6. The molecule has 1 amide bonds. The van der Waals surface area contributed by atoms with Gasteiger partial charge in [0, 0.05) is 25.9 Å². The van der Waals surface area contributed by atoms with Crippen LogP contribution in [0.2, 0.25) is 0 Å². The normalized spacial score (nSPS) is 12.2. The summed E-state index contributed by atoms with van der Waals surface area (Å²) in [6.07, 6.45) is 4.10. The Labute approximate surface area is 113 Å². The first-order chi connectivity index (χ1) is 9.13. The van der Waals surface area contributed by atoms with Crippen molar-refractivity contribution in [3.05, 3.63) is 53.6 Å². The first-order valence-electron chi connectivity index (χ1n) is 6.45. The molecular formula is C15H19N3O. The Kier molecular flexibility index (Phi) is 4.00. The molecule has 1 aromatic heterocycles. The molecule has 1 N–H and O–H groups in total. The highest BCUT2D eigenvalue weighted by molar-refractivity contribution is 5.76. The molecule has 0 radical (unpaired) electrons. The predicted octanol–water partition coefficient (Wildman–Crippen LogP) is 2.34. The van der Waals surface area contributed by atoms with E-state index in [4.69, 9.17) is 0 Å². The number of nitrogens with one attached hydrogen (secondary N) is 1. The number of aryl methyl sites for hydroxylation is 2. The third-order valence-electron chi connectivity index (χ3n) is 3.24. The van der Waals surface area contributed by atoms with Crippen molar-refractivity contribution >= 4 is 5.91 Å². The van der Waals surface area contributed by atoms with Crippen LogP contribution in [0.15, 0.2) is 36.7 Å². The van der Waals surface area contributed by atoms with Gasteiger partial charge in [-0.3, -0.25) is 4.79 Å². The van der Waals surface area contributed by atoms with Crippen molar-refractivity contribution in [2.75, 3.05) is 0 Å². The van der Waals surface area contributed by atoms with E-state index in [1.807, 2.05) is 55.9 Å². The monoisotopic (exact) mass is 257 g/mol. The van der Waals surface area contributed by atoms with Gasteiger partial charge in [0.2, 0.25) is 5.91 Å². The SMILES string of the molecule is CCC(=O)NC(c1ccccc1C)c1nccn1C. The van der Waals surface area contributed by atoms with Crippen LogP contribution in [-0.2, 0) is 11.8 Å². The number of rotatable bonds is 4. The second-order valence-electron chi connectivity index (χ2n) is 4.61. The topological polar surface area (TPSA) is 46.9 Å². The standard InChI is InChI=1S/C15H19N3O/c1-4-13(19)17-14(15-16-9-10-18(15)3)12-8-6-5-7-11(12)2/h5-10,14H,4H2,1-3H3,(H,17,19). The molecule has 1 aromatic carbocycles. The van der Waals surface area contributed by atoms with Gasteiger partial charge in [0.25, 0.3) is 0 Å². The maximum atomic E-state index is 11.8. The number of carbonyl (C=O) groups excluding carboxylic acids is 1. The lowest BCUT2D eigenvalue weighted by molar-refractivity contribution is -0.121. The lowest BCUT2D eigenvalue weighted by Crippen LogP contribution is -2.30. The van der Waals surface area contributed by atoms with Crippen LogP contribution in [0.3, 0.4) is 0 Å². The highest BCUT2D eigenvalue weighted by Gasteiger charge is 2.21. The van der Waals surface area contributed by atoms with Crippen LogP contribution in [0.5, 0.6) is 0 Å². The van der Waals surface area contributed by atoms with E-state index in [0.29, 0.717) is 6.42 Å². The molecule has 0 aliphatic rings. The van der Waals surface area contributed by atoms with Gasteiger partial charge >= 0.3 is 0 Å². The van der Waals surface area contributed by atoms with Gasteiger partial charge < -0.3 is 9.88 Å². The number of nitrogens with zero attached hydrogens (tertiary/aromatic N) is 2. The first-order valence-corrected chi connectivity index (χ1v) is 6.45. The number of benzene rings is 1. The number of hydrogen-bond donors (Lipinski definition) is 1. The maximum absolute atomic E-state index is 11.8. The third kappa shape index (κ3) is 2.84. The molecule has 0 aliphatic carbocycles. The van der Waals surface area contributed by atoms with Gasteiger partial charge in [-0.1, -0.05) is 31.2 Å². The van der Waals surface area contributed by atoms with Gasteiger partial charge in [-0.2, -0.15) is 0 Å². The number of amides is 1. The summed E-state index contributed by atoms with van der Waals surface area (Å²) in [5.41, 5.74) is 2.23. The molecule has 0 saturated carbocycles. The Morgan fingerprint density at radius 2 is 2.16 bits per heavy atom. The van der Waals surface area contributed by atoms with Crippen molar-refractivity contribution in [3.63, 3.8) is 0 Å². The first kappa shape index (κ1) is 13.3. The average Bonchev–Trinajstić information content (AvgIpc) is 2.83. The molecule has 1 heterocycles. The number of aromatic nitrogens is 2. The van der Waals surface area contributed by atoms with Crippen LogP contribution >= 0.6 is 0 Å². The summed E-state index contributed by atoms with van der Waals surface area (Å²) < 4.78 is 1.94. The molecule has 0 bridgehead atoms. The largest absolute Gasteiger partial charge is 0.342 e. The fraction of sp³-hybridized carbons (Fsp3) is 0.333. The molecule has 1 atom stereocenters. The van der Waals surface area contributed by atoms with Crippen molar-refractivity contribution in [1.82, 2.24) is 14.9 Å². The van der Waals surface area contributed by atoms with Crippen molar-refractivity contribution in [3.8, 4) is 0 Å². The minimum absolute atomic E-state index is 0.0243. The van der Waals surface area contributed by atoms with Crippen molar-refractivity contribution in [2.24, 2.45) is 7.05 Å². The van der Waals surface area contributed by atoms with Crippen molar-refractivity contribution < 1.29 is 4.79 Å². The van der Waals surface area contributed by atoms with Crippen LogP contribution in [-0.4, -0.2) is 15.5 Å². The van der Waals surface area contributed by atoms with Gasteiger partial charge in [-0.25, -0.2) is 4.98 Å². The van der Waals surface area contributed by atoms with Crippen molar-refractivity contribution in [2.45, 2.75) is 26.3 Å². The minimum Gasteiger partial charge on any atom is -0.342 e. The Balaban J connectivity index is 2.43. The van der Waals surface area contributed by atoms with E-state index in [-0.39, 0.29) is 11.9 Å². The lowest BCUT2D eigenvalue weighted by atomic mass is 10.0. The second-order valence-corrected chi connectivity index (χ2v) is 4.61. The van der Waals surface area contributed by atoms with E-state index in [1.165, 1.54) is 0 Å². The molecule has 0 fully saturated rings. The van der Waals surface area contributed by atoms with E-state index >= 15 is 0 Å². The third-order valence-corrected chi connectivity index (χ3v) is 3.24. The summed E-state index contributed by atoms with van der Waals surface area (Å²) >= 11 is 0. The zero-order chi connectivity index (χ0) is 13.8. The quantitative estimate of drug-likeness (QED) is 0.914. The molecule has 100 valence electrons.